The van der Waals surface area contributed by atoms with Crippen molar-refractivity contribution in [2.24, 2.45) is 4.99 Å². The van der Waals surface area contributed by atoms with Crippen LogP contribution in [0.15, 0.2) is 84.4 Å². The highest BCUT2D eigenvalue weighted by Crippen LogP contribution is 2.19. The van der Waals surface area contributed by atoms with Gasteiger partial charge in [-0.25, -0.2) is 4.98 Å². The van der Waals surface area contributed by atoms with Gasteiger partial charge in [-0.3, -0.25) is 9.79 Å². The number of aryl methyl sites for hydroxylation is 4. The second-order valence-corrected chi connectivity index (χ2v) is 8.17. The minimum atomic E-state index is -0.00790. The van der Waals surface area contributed by atoms with Crippen molar-refractivity contribution in [3.8, 4) is 0 Å². The molecule has 5 heteroatoms. The highest BCUT2D eigenvalue weighted by molar-refractivity contribution is 5.94. The second-order valence-electron chi connectivity index (χ2n) is 8.17. The van der Waals surface area contributed by atoms with Crippen molar-refractivity contribution in [3.63, 3.8) is 0 Å². The first-order chi connectivity index (χ1) is 15.8. The average Bonchev–Trinajstić information content (AvgIpc) is 3.54. The Hall–Kier alpha value is -3.47. The van der Waals surface area contributed by atoms with Crippen molar-refractivity contribution in [2.45, 2.75) is 44.7 Å². The zero-order chi connectivity index (χ0) is 22.0. The molecule has 2 aromatic carbocycles. The Labute approximate surface area is 189 Å². The van der Waals surface area contributed by atoms with Crippen LogP contribution in [0.1, 0.15) is 39.9 Å². The second kappa shape index (κ2) is 11.2. The molecule has 1 aliphatic heterocycles. The lowest BCUT2D eigenvalue weighted by atomic mass is 9.94. The predicted octanol–water partition coefficient (Wildman–Crippen LogP) is 4.43. The summed E-state index contributed by atoms with van der Waals surface area (Å²) < 4.78 is 2.02. The predicted molar refractivity (Wildman–Crippen MR) is 129 cm³/mol. The number of allylic oxidation sites excluding steroid dienone is 1. The van der Waals surface area contributed by atoms with Crippen LogP contribution in [0.4, 0.5) is 0 Å². The number of amides is 1. The molecule has 0 saturated carbocycles. The van der Waals surface area contributed by atoms with Gasteiger partial charge < -0.3 is 9.88 Å². The number of imidazole rings is 1. The van der Waals surface area contributed by atoms with Gasteiger partial charge in [0.05, 0.1) is 12.4 Å². The van der Waals surface area contributed by atoms with Crippen molar-refractivity contribution < 1.29 is 4.79 Å². The van der Waals surface area contributed by atoms with Crippen LogP contribution in [-0.4, -0.2) is 34.3 Å². The van der Waals surface area contributed by atoms with Crippen LogP contribution in [0.3, 0.4) is 0 Å². The third-order valence-corrected chi connectivity index (χ3v) is 5.84. The highest BCUT2D eigenvalue weighted by atomic mass is 16.1. The molecule has 1 N–H and O–H groups in total. The minimum absolute atomic E-state index is 0.00790. The summed E-state index contributed by atoms with van der Waals surface area (Å²) in [6.07, 6.45) is 16.3. The lowest BCUT2D eigenvalue weighted by Crippen LogP contribution is -2.25. The molecule has 1 amide bonds. The first-order valence-electron chi connectivity index (χ1n) is 11.4. The number of carbonyl (C=O) groups excluding carboxylic acids is 1. The largest absolute Gasteiger partial charge is 0.352 e. The number of carbonyl (C=O) groups is 1. The number of nitrogens with zero attached hydrogens (tertiary/aromatic N) is 3. The lowest BCUT2D eigenvalue weighted by Gasteiger charge is -2.14. The van der Waals surface area contributed by atoms with E-state index in [-0.39, 0.29) is 11.9 Å². The van der Waals surface area contributed by atoms with Gasteiger partial charge in [-0.2, -0.15) is 0 Å². The van der Waals surface area contributed by atoms with Crippen LogP contribution in [0.2, 0.25) is 0 Å². The van der Waals surface area contributed by atoms with Gasteiger partial charge in [0.1, 0.15) is 0 Å². The van der Waals surface area contributed by atoms with E-state index < -0.39 is 0 Å². The van der Waals surface area contributed by atoms with Crippen LogP contribution in [0, 0.1) is 0 Å². The Morgan fingerprint density at radius 3 is 2.72 bits per heavy atom. The molecule has 3 aromatic rings. The molecule has 1 aliphatic rings. The van der Waals surface area contributed by atoms with Crippen LogP contribution < -0.4 is 5.32 Å². The van der Waals surface area contributed by atoms with Gasteiger partial charge in [-0.05, 0) is 67.0 Å². The number of rotatable bonds is 11. The van der Waals surface area contributed by atoms with Gasteiger partial charge in [-0.1, -0.05) is 42.5 Å². The number of nitrogens with one attached hydrogen (secondary N) is 1. The third kappa shape index (κ3) is 6.27. The van der Waals surface area contributed by atoms with Gasteiger partial charge in [-0.15, -0.1) is 0 Å². The summed E-state index contributed by atoms with van der Waals surface area (Å²) in [5.74, 6) is -0.00790. The number of aromatic nitrogens is 2. The SMILES string of the molecule is O=C(NCCCn1ccnc1)c1ccc(CCC2C=CC=N2)c(CCc2ccccc2)c1. The number of benzene rings is 2. The number of hydrogen-bond donors (Lipinski definition) is 1. The molecule has 164 valence electrons. The first kappa shape index (κ1) is 21.8. The van der Waals surface area contributed by atoms with Gasteiger partial charge in [0.25, 0.3) is 5.91 Å². The Bertz CT molecular complexity index is 1040. The van der Waals surface area contributed by atoms with Gasteiger partial charge >= 0.3 is 0 Å². The van der Waals surface area contributed by atoms with E-state index in [1.54, 1.807) is 12.5 Å². The monoisotopic (exact) mass is 426 g/mol. The molecule has 2 heterocycles. The fourth-order valence-electron chi connectivity index (χ4n) is 4.01. The zero-order valence-electron chi connectivity index (χ0n) is 18.4. The van der Waals surface area contributed by atoms with Crippen molar-refractivity contribution in [1.82, 2.24) is 14.9 Å². The molecular formula is C27H30N4O. The number of hydrogen-bond acceptors (Lipinski definition) is 3. The van der Waals surface area contributed by atoms with E-state index in [1.165, 1.54) is 16.7 Å². The van der Waals surface area contributed by atoms with Gasteiger partial charge in [0.15, 0.2) is 0 Å². The normalized spacial score (nSPS) is 14.7. The van der Waals surface area contributed by atoms with E-state index in [2.05, 4.69) is 57.8 Å². The molecule has 1 unspecified atom stereocenters. The summed E-state index contributed by atoms with van der Waals surface area (Å²) in [4.78, 5) is 21.3. The third-order valence-electron chi connectivity index (χ3n) is 5.84. The standard InChI is InChI=1S/C27H30N4O/c32-27(30-16-5-18-31-19-17-28-21-31)25-12-11-23(13-14-26-8-4-15-29-26)24(20-25)10-9-22-6-2-1-3-7-22/h1-4,6-8,11-12,15,17,19-21,26H,5,9-10,13-14,16,18H2,(H,30,32). The van der Waals surface area contributed by atoms with Gasteiger partial charge in [0, 0.05) is 37.3 Å². The van der Waals surface area contributed by atoms with E-state index >= 15 is 0 Å². The maximum absolute atomic E-state index is 12.8. The summed E-state index contributed by atoms with van der Waals surface area (Å²) in [6, 6.07) is 17.0. The van der Waals surface area contributed by atoms with E-state index in [1.807, 2.05) is 35.2 Å². The smallest absolute Gasteiger partial charge is 0.251 e. The van der Waals surface area contributed by atoms with Crippen LogP contribution in [0.25, 0.3) is 0 Å². The van der Waals surface area contributed by atoms with Gasteiger partial charge in [0.2, 0.25) is 0 Å². The number of aliphatic imine (C=N–C) groups is 1. The molecule has 1 aromatic heterocycles. The van der Waals surface area contributed by atoms with Crippen molar-refractivity contribution in [1.29, 1.82) is 0 Å². The summed E-state index contributed by atoms with van der Waals surface area (Å²) in [7, 11) is 0. The molecule has 0 aliphatic carbocycles. The summed E-state index contributed by atoms with van der Waals surface area (Å²) in [5, 5.41) is 3.06. The molecule has 32 heavy (non-hydrogen) atoms. The topological polar surface area (TPSA) is 59.3 Å². The fourth-order valence-corrected chi connectivity index (χ4v) is 4.01. The van der Waals surface area contributed by atoms with Crippen molar-refractivity contribution in [2.75, 3.05) is 6.54 Å². The average molecular weight is 427 g/mol. The summed E-state index contributed by atoms with van der Waals surface area (Å²) >= 11 is 0. The molecule has 0 saturated heterocycles. The van der Waals surface area contributed by atoms with Crippen LogP contribution >= 0.6 is 0 Å². The zero-order valence-corrected chi connectivity index (χ0v) is 18.4. The van der Waals surface area contributed by atoms with Crippen molar-refractivity contribution in [3.05, 3.63) is 102 Å². The van der Waals surface area contributed by atoms with E-state index in [0.717, 1.165) is 44.2 Å². The Morgan fingerprint density at radius 1 is 1.03 bits per heavy atom. The quantitative estimate of drug-likeness (QED) is 0.461. The lowest BCUT2D eigenvalue weighted by molar-refractivity contribution is 0.0952. The summed E-state index contributed by atoms with van der Waals surface area (Å²) in [6.45, 7) is 1.49. The Morgan fingerprint density at radius 2 is 1.94 bits per heavy atom. The fraction of sp³-hybridized carbons (Fsp3) is 0.296. The van der Waals surface area contributed by atoms with E-state index in [0.29, 0.717) is 6.54 Å². The van der Waals surface area contributed by atoms with Crippen LogP contribution in [0.5, 0.6) is 0 Å². The summed E-state index contributed by atoms with van der Waals surface area (Å²) in [5.41, 5.74) is 4.62. The molecule has 0 fully saturated rings. The minimum Gasteiger partial charge on any atom is -0.352 e. The Balaban J connectivity index is 1.39. The molecular weight excluding hydrogens is 396 g/mol. The molecule has 0 spiro atoms. The molecule has 0 radical (unpaired) electrons. The first-order valence-corrected chi connectivity index (χ1v) is 11.4. The van der Waals surface area contributed by atoms with Crippen LogP contribution in [-0.2, 0) is 25.8 Å². The molecule has 4 rings (SSSR count). The van der Waals surface area contributed by atoms with E-state index in [4.69, 9.17) is 0 Å². The molecule has 1 atom stereocenters. The van der Waals surface area contributed by atoms with Crippen molar-refractivity contribution >= 4 is 12.1 Å². The molecule has 5 nitrogen and oxygen atoms in total. The maximum Gasteiger partial charge on any atom is 0.251 e. The maximum atomic E-state index is 12.8. The van der Waals surface area contributed by atoms with E-state index in [9.17, 15) is 4.79 Å². The molecule has 0 bridgehead atoms. The Kier molecular flexibility index (Phi) is 7.64. The highest BCUT2D eigenvalue weighted by Gasteiger charge is 2.12.